The molecule has 1 unspecified atom stereocenters. The van der Waals surface area contributed by atoms with Crippen molar-refractivity contribution in [2.24, 2.45) is 0 Å². The maximum Gasteiger partial charge on any atom is 0.122 e. The molecular weight excluding hydrogens is 322 g/mol. The molecule has 0 amide bonds. The summed E-state index contributed by atoms with van der Waals surface area (Å²) >= 11 is 10.9. The third-order valence-electron chi connectivity index (χ3n) is 2.35. The van der Waals surface area contributed by atoms with Crippen LogP contribution in [-0.4, -0.2) is 10.1 Å². The summed E-state index contributed by atoms with van der Waals surface area (Å²) < 4.78 is 0.936. The summed E-state index contributed by atoms with van der Waals surface area (Å²) in [6.07, 6.45) is -0.105. The summed E-state index contributed by atoms with van der Waals surface area (Å²) in [5.74, 6) is 0. The highest BCUT2D eigenvalue weighted by Gasteiger charge is 2.14. The highest BCUT2D eigenvalue weighted by Crippen LogP contribution is 2.27. The summed E-state index contributed by atoms with van der Waals surface area (Å²) in [5.41, 5.74) is 1.86. The molecule has 1 aromatic carbocycles. The molecule has 17 heavy (non-hydrogen) atoms. The molecule has 2 nitrogen and oxygen atoms in total. The minimum Gasteiger partial charge on any atom is -0.386 e. The van der Waals surface area contributed by atoms with Crippen molar-refractivity contribution in [3.8, 4) is 0 Å². The molecular formula is C12H11BrClNOS. The van der Waals surface area contributed by atoms with E-state index in [1.165, 1.54) is 11.3 Å². The third-order valence-corrected chi connectivity index (χ3v) is 4.26. The van der Waals surface area contributed by atoms with Crippen molar-refractivity contribution < 1.29 is 5.11 Å². The normalized spacial score (nSPS) is 12.7. The first-order chi connectivity index (χ1) is 8.06. The lowest BCUT2D eigenvalue weighted by atomic mass is 10.1. The Balaban J connectivity index is 2.15. The molecule has 0 aliphatic carbocycles. The van der Waals surface area contributed by atoms with E-state index in [0.29, 0.717) is 11.4 Å². The van der Waals surface area contributed by atoms with Crippen LogP contribution in [0.3, 0.4) is 0 Å². The molecule has 0 fully saturated rings. The molecule has 0 saturated heterocycles. The summed E-state index contributed by atoms with van der Waals surface area (Å²) in [6, 6.07) is 5.66. The van der Waals surface area contributed by atoms with Crippen LogP contribution in [0.15, 0.2) is 28.1 Å². The van der Waals surface area contributed by atoms with Crippen LogP contribution in [0.4, 0.5) is 0 Å². The lowest BCUT2D eigenvalue weighted by Crippen LogP contribution is -2.02. The van der Waals surface area contributed by atoms with Crippen molar-refractivity contribution in [2.75, 3.05) is 0 Å². The second kappa shape index (κ2) is 5.48. The third kappa shape index (κ3) is 3.28. The molecule has 2 aromatic rings. The molecule has 1 heterocycles. The van der Waals surface area contributed by atoms with Crippen molar-refractivity contribution in [1.29, 1.82) is 0 Å². The zero-order chi connectivity index (χ0) is 12.4. The quantitative estimate of drug-likeness (QED) is 0.916. The van der Waals surface area contributed by atoms with Gasteiger partial charge in [-0.15, -0.1) is 11.3 Å². The smallest absolute Gasteiger partial charge is 0.122 e. The Hall–Kier alpha value is -0.420. The molecule has 1 N–H and O–H groups in total. The van der Waals surface area contributed by atoms with Crippen molar-refractivity contribution in [3.63, 3.8) is 0 Å². The van der Waals surface area contributed by atoms with Crippen LogP contribution < -0.4 is 0 Å². The van der Waals surface area contributed by atoms with Crippen molar-refractivity contribution in [1.82, 2.24) is 4.98 Å². The van der Waals surface area contributed by atoms with E-state index in [-0.39, 0.29) is 0 Å². The number of aromatic nitrogens is 1. The van der Waals surface area contributed by atoms with E-state index in [9.17, 15) is 5.11 Å². The van der Waals surface area contributed by atoms with Crippen LogP contribution in [0.1, 0.15) is 22.4 Å². The van der Waals surface area contributed by atoms with E-state index in [0.717, 1.165) is 20.7 Å². The predicted octanol–water partition coefficient (Wildman–Crippen LogP) is 4.14. The van der Waals surface area contributed by atoms with Gasteiger partial charge < -0.3 is 5.11 Å². The van der Waals surface area contributed by atoms with Gasteiger partial charge in [-0.3, -0.25) is 0 Å². The summed E-state index contributed by atoms with van der Waals surface area (Å²) in [4.78, 5) is 4.27. The zero-order valence-electron chi connectivity index (χ0n) is 9.15. The minimum absolute atomic E-state index is 0.485. The van der Waals surface area contributed by atoms with E-state index in [4.69, 9.17) is 11.6 Å². The standard InChI is InChI=1S/C12H11BrClNOS/c1-7-6-17-12(15-7)11(16)4-8-2-3-9(13)5-10(8)14/h2-3,5-6,11,16H,4H2,1H3. The molecule has 0 spiro atoms. The number of hydrogen-bond donors (Lipinski definition) is 1. The molecule has 0 aliphatic heterocycles. The average molecular weight is 333 g/mol. The van der Waals surface area contributed by atoms with Gasteiger partial charge in [0, 0.05) is 27.0 Å². The first-order valence-electron chi connectivity index (χ1n) is 5.10. The molecule has 1 aromatic heterocycles. The summed E-state index contributed by atoms with van der Waals surface area (Å²) in [6.45, 7) is 1.92. The predicted molar refractivity (Wildman–Crippen MR) is 74.7 cm³/mol. The van der Waals surface area contributed by atoms with Crippen LogP contribution in [0.2, 0.25) is 5.02 Å². The van der Waals surface area contributed by atoms with Gasteiger partial charge in [0.2, 0.25) is 0 Å². The van der Waals surface area contributed by atoms with Crippen LogP contribution in [0, 0.1) is 6.92 Å². The fourth-order valence-electron chi connectivity index (χ4n) is 1.51. The van der Waals surface area contributed by atoms with Crippen molar-refractivity contribution >= 4 is 38.9 Å². The molecule has 0 bridgehead atoms. The number of benzene rings is 1. The van der Waals surface area contributed by atoms with Gasteiger partial charge in [0.1, 0.15) is 11.1 Å². The van der Waals surface area contributed by atoms with Gasteiger partial charge in [0.15, 0.2) is 0 Å². The fourth-order valence-corrected chi connectivity index (χ4v) is 3.04. The fraction of sp³-hybridized carbons (Fsp3) is 0.250. The second-order valence-electron chi connectivity index (χ2n) is 3.78. The van der Waals surface area contributed by atoms with E-state index in [1.54, 1.807) is 0 Å². The van der Waals surface area contributed by atoms with Gasteiger partial charge in [-0.05, 0) is 24.6 Å². The second-order valence-corrected chi connectivity index (χ2v) is 6.00. The SMILES string of the molecule is Cc1csc(C(O)Cc2ccc(Br)cc2Cl)n1. The Morgan fingerprint density at radius 1 is 1.53 bits per heavy atom. The Kier molecular flexibility index (Phi) is 4.20. The number of thiazole rings is 1. The first kappa shape index (κ1) is 13.0. The van der Waals surface area contributed by atoms with Gasteiger partial charge in [-0.1, -0.05) is 33.6 Å². The van der Waals surface area contributed by atoms with E-state index >= 15 is 0 Å². The van der Waals surface area contributed by atoms with Crippen LogP contribution in [0.5, 0.6) is 0 Å². The van der Waals surface area contributed by atoms with Gasteiger partial charge >= 0.3 is 0 Å². The number of halogens is 2. The average Bonchev–Trinajstić information content (AvgIpc) is 2.69. The van der Waals surface area contributed by atoms with Gasteiger partial charge in [0.05, 0.1) is 0 Å². The topological polar surface area (TPSA) is 33.1 Å². The van der Waals surface area contributed by atoms with Crippen LogP contribution >= 0.6 is 38.9 Å². The molecule has 90 valence electrons. The Labute approximate surface area is 117 Å². The largest absolute Gasteiger partial charge is 0.386 e. The van der Waals surface area contributed by atoms with Crippen molar-refractivity contribution in [2.45, 2.75) is 19.4 Å². The molecule has 1 atom stereocenters. The highest BCUT2D eigenvalue weighted by molar-refractivity contribution is 9.10. The number of hydrogen-bond acceptors (Lipinski definition) is 3. The molecule has 0 aliphatic rings. The number of rotatable bonds is 3. The molecule has 0 saturated carbocycles. The van der Waals surface area contributed by atoms with Gasteiger partial charge in [-0.2, -0.15) is 0 Å². The maximum atomic E-state index is 10.1. The van der Waals surface area contributed by atoms with Crippen LogP contribution in [0.25, 0.3) is 0 Å². The Morgan fingerprint density at radius 2 is 2.29 bits per heavy atom. The van der Waals surface area contributed by atoms with Gasteiger partial charge in [0.25, 0.3) is 0 Å². The lowest BCUT2D eigenvalue weighted by molar-refractivity contribution is 0.178. The number of aryl methyl sites for hydroxylation is 1. The number of nitrogens with zero attached hydrogens (tertiary/aromatic N) is 1. The summed E-state index contributed by atoms with van der Waals surface area (Å²) in [7, 11) is 0. The maximum absolute atomic E-state index is 10.1. The molecule has 2 rings (SSSR count). The summed E-state index contributed by atoms with van der Waals surface area (Å²) in [5, 5.41) is 13.4. The lowest BCUT2D eigenvalue weighted by Gasteiger charge is -2.09. The minimum atomic E-state index is -0.590. The molecule has 5 heteroatoms. The number of aliphatic hydroxyl groups excluding tert-OH is 1. The van der Waals surface area contributed by atoms with Crippen LogP contribution in [-0.2, 0) is 6.42 Å². The van der Waals surface area contributed by atoms with Gasteiger partial charge in [-0.25, -0.2) is 4.98 Å². The Morgan fingerprint density at radius 3 is 2.88 bits per heavy atom. The first-order valence-corrected chi connectivity index (χ1v) is 7.15. The van der Waals surface area contributed by atoms with E-state index in [2.05, 4.69) is 20.9 Å². The van der Waals surface area contributed by atoms with E-state index in [1.807, 2.05) is 30.5 Å². The Bertz CT molecular complexity index is 529. The number of aliphatic hydroxyl groups is 1. The highest BCUT2D eigenvalue weighted by atomic mass is 79.9. The molecule has 0 radical (unpaired) electrons. The van der Waals surface area contributed by atoms with Crippen molar-refractivity contribution in [3.05, 3.63) is 49.3 Å². The monoisotopic (exact) mass is 331 g/mol. The van der Waals surface area contributed by atoms with E-state index < -0.39 is 6.10 Å². The zero-order valence-corrected chi connectivity index (χ0v) is 12.3.